The molecule has 2 aliphatic heterocycles. The number of aryl methyl sites for hydroxylation is 4. The van der Waals surface area contributed by atoms with Crippen LogP contribution in [0.1, 0.15) is 50.1 Å². The Bertz CT molecular complexity index is 2480. The SMILES string of the molecule is [C-]#[N+]c1ccc2c(c[n+]3n2-c2c(C)cc(C)c(C)c2C3)c1C#N.[C-]#[N+]c1ccc2c(c[n+]3n2-c2c(C)ccc(C)c2C3)c1C#N. The van der Waals surface area contributed by atoms with Gasteiger partial charge in [0.15, 0.2) is 13.1 Å². The van der Waals surface area contributed by atoms with Crippen LogP contribution in [0.4, 0.5) is 11.4 Å². The topological polar surface area (TPSA) is 73.9 Å². The molecule has 8 heteroatoms. The molecule has 0 N–H and O–H groups in total. The third kappa shape index (κ3) is 3.80. The lowest BCUT2D eigenvalue weighted by atomic mass is 9.97. The summed E-state index contributed by atoms with van der Waals surface area (Å²) in [5.74, 6) is 0. The first kappa shape index (κ1) is 27.6. The molecule has 0 aliphatic carbocycles. The van der Waals surface area contributed by atoms with E-state index in [1.807, 2.05) is 24.5 Å². The molecule has 0 atom stereocenters. The van der Waals surface area contributed by atoms with E-state index in [1.54, 1.807) is 12.1 Å². The lowest BCUT2D eigenvalue weighted by Gasteiger charge is -2.08. The molecule has 0 saturated heterocycles. The lowest BCUT2D eigenvalue weighted by molar-refractivity contribution is -0.749. The Balaban J connectivity index is 0.000000145. The molecule has 2 aromatic heterocycles. The molecule has 0 fully saturated rings. The maximum absolute atomic E-state index is 9.46. The molecule has 45 heavy (non-hydrogen) atoms. The first-order valence-electron chi connectivity index (χ1n) is 14.6. The zero-order valence-corrected chi connectivity index (χ0v) is 25.7. The quantitative estimate of drug-likeness (QED) is 0.143. The Labute approximate surface area is 261 Å². The Kier molecular flexibility index (Phi) is 6.08. The van der Waals surface area contributed by atoms with E-state index < -0.39 is 0 Å². The van der Waals surface area contributed by atoms with Gasteiger partial charge in [-0.15, -0.1) is 18.7 Å². The summed E-state index contributed by atoms with van der Waals surface area (Å²) in [4.78, 5) is 6.93. The average Bonchev–Trinajstić information content (AvgIpc) is 3.79. The van der Waals surface area contributed by atoms with Crippen LogP contribution < -0.4 is 9.36 Å². The molecule has 8 nitrogen and oxygen atoms in total. The fraction of sp³-hybridized carbons (Fsp3) is 0.189. The zero-order valence-electron chi connectivity index (χ0n) is 25.7. The van der Waals surface area contributed by atoms with E-state index >= 15 is 0 Å². The normalized spacial score (nSPS) is 11.8. The second-order valence-corrected chi connectivity index (χ2v) is 11.8. The summed E-state index contributed by atoms with van der Waals surface area (Å²) in [5, 5.41) is 20.6. The molecule has 0 unspecified atom stereocenters. The Morgan fingerprint density at radius 1 is 0.644 bits per heavy atom. The van der Waals surface area contributed by atoms with Gasteiger partial charge in [-0.3, -0.25) is 0 Å². The fourth-order valence-corrected chi connectivity index (χ4v) is 6.98. The predicted octanol–water partition coefficient (Wildman–Crippen LogP) is 6.95. The smallest absolute Gasteiger partial charge is 0.205 e. The van der Waals surface area contributed by atoms with E-state index in [9.17, 15) is 10.5 Å². The number of nitrogens with zero attached hydrogens (tertiary/aromatic N) is 8. The third-order valence-electron chi connectivity index (χ3n) is 9.31. The summed E-state index contributed by atoms with van der Waals surface area (Å²) >= 11 is 0. The maximum atomic E-state index is 9.46. The minimum atomic E-state index is 0.418. The largest absolute Gasteiger partial charge is 0.237 e. The highest BCUT2D eigenvalue weighted by atomic mass is 15.4. The molecule has 0 radical (unpaired) electrons. The van der Waals surface area contributed by atoms with Crippen molar-refractivity contribution in [2.45, 2.75) is 47.7 Å². The van der Waals surface area contributed by atoms with Crippen LogP contribution in [0, 0.1) is 70.4 Å². The van der Waals surface area contributed by atoms with Gasteiger partial charge in [-0.25, -0.2) is 9.69 Å². The average molecular weight is 585 g/mol. The van der Waals surface area contributed by atoms with Crippen LogP contribution >= 0.6 is 0 Å². The second kappa shape index (κ2) is 9.92. The van der Waals surface area contributed by atoms with Crippen molar-refractivity contribution in [3.05, 3.63) is 128 Å². The highest BCUT2D eigenvalue weighted by Crippen LogP contribution is 2.36. The van der Waals surface area contributed by atoms with Crippen LogP contribution in [0.2, 0.25) is 0 Å². The van der Waals surface area contributed by atoms with Crippen molar-refractivity contribution in [2.24, 2.45) is 0 Å². The summed E-state index contributed by atoms with van der Waals surface area (Å²) in [6, 6.07) is 18.3. The van der Waals surface area contributed by atoms with Crippen molar-refractivity contribution in [2.75, 3.05) is 0 Å². The van der Waals surface area contributed by atoms with Gasteiger partial charge in [0.05, 0.1) is 58.3 Å². The second-order valence-electron chi connectivity index (χ2n) is 11.8. The van der Waals surface area contributed by atoms with Gasteiger partial charge >= 0.3 is 0 Å². The Morgan fingerprint density at radius 3 is 1.64 bits per heavy atom. The van der Waals surface area contributed by atoms with Gasteiger partial charge in [-0.05, 0) is 74.6 Å². The van der Waals surface area contributed by atoms with Gasteiger partial charge in [0.1, 0.15) is 22.4 Å². The van der Waals surface area contributed by atoms with E-state index in [1.165, 1.54) is 50.3 Å². The molecular weight excluding hydrogens is 556 g/mol. The number of aromatic nitrogens is 4. The minimum Gasteiger partial charge on any atom is -0.237 e. The number of rotatable bonds is 0. The molecule has 0 saturated carbocycles. The number of nitriles is 2. The molecule has 6 aromatic rings. The van der Waals surface area contributed by atoms with Crippen molar-refractivity contribution < 1.29 is 9.36 Å². The van der Waals surface area contributed by atoms with Gasteiger partial charge in [0.2, 0.25) is 23.8 Å². The van der Waals surface area contributed by atoms with Crippen LogP contribution in [-0.4, -0.2) is 9.36 Å². The molecule has 4 aromatic carbocycles. The van der Waals surface area contributed by atoms with Crippen molar-refractivity contribution in [3.63, 3.8) is 0 Å². The summed E-state index contributed by atoms with van der Waals surface area (Å²) in [6.07, 6.45) is 3.98. The van der Waals surface area contributed by atoms with Crippen molar-refractivity contribution in [3.8, 4) is 23.5 Å². The van der Waals surface area contributed by atoms with E-state index in [2.05, 4.69) is 93.4 Å². The number of fused-ring (bicyclic) bond motifs is 10. The van der Waals surface area contributed by atoms with Crippen LogP contribution in [0.15, 0.2) is 54.9 Å². The fourth-order valence-electron chi connectivity index (χ4n) is 6.98. The van der Waals surface area contributed by atoms with Gasteiger partial charge in [0.25, 0.3) is 0 Å². The first-order chi connectivity index (χ1) is 21.7. The van der Waals surface area contributed by atoms with E-state index in [0.717, 1.165) is 34.9 Å². The molecular formula is C37H28N8+2. The number of benzene rings is 4. The molecule has 0 amide bonds. The third-order valence-corrected chi connectivity index (χ3v) is 9.31. The number of hydrogen-bond donors (Lipinski definition) is 0. The standard InChI is InChI=1S/C19H15N4.C18H13N4/c1-11-7-12(2)19-15(13(11)3)9-22-10-16-14(8-20)17(21-4)5-6-18(16)23(19)22;1-11-4-5-12(2)18-14(11)9-21-10-15-13(8-19)16(20-3)6-7-17(15)22(18)21/h5-7,10H,9H2,1-3H3;4-7,10H,9H2,1-2H3/q2*+1. The summed E-state index contributed by atoms with van der Waals surface area (Å²) in [6.45, 7) is 26.8. The van der Waals surface area contributed by atoms with Gasteiger partial charge in [0, 0.05) is 0 Å². The summed E-state index contributed by atoms with van der Waals surface area (Å²) in [7, 11) is 0. The van der Waals surface area contributed by atoms with Crippen LogP contribution in [-0.2, 0) is 13.1 Å². The highest BCUT2D eigenvalue weighted by Gasteiger charge is 2.33. The van der Waals surface area contributed by atoms with Crippen LogP contribution in [0.5, 0.6) is 0 Å². The van der Waals surface area contributed by atoms with E-state index in [4.69, 9.17) is 13.1 Å². The molecule has 4 heterocycles. The lowest BCUT2D eigenvalue weighted by Crippen LogP contribution is -2.36. The summed E-state index contributed by atoms with van der Waals surface area (Å²) < 4.78 is 8.62. The minimum absolute atomic E-state index is 0.418. The number of hydrogen-bond acceptors (Lipinski definition) is 2. The molecule has 0 spiro atoms. The molecule has 8 rings (SSSR count). The Morgan fingerprint density at radius 2 is 1.13 bits per heavy atom. The molecule has 0 bridgehead atoms. The molecule has 2 aliphatic rings. The monoisotopic (exact) mass is 584 g/mol. The summed E-state index contributed by atoms with van der Waals surface area (Å²) in [5.41, 5.74) is 15.2. The van der Waals surface area contributed by atoms with Crippen molar-refractivity contribution in [1.82, 2.24) is 9.36 Å². The van der Waals surface area contributed by atoms with Crippen molar-refractivity contribution >= 4 is 33.2 Å². The van der Waals surface area contributed by atoms with Crippen molar-refractivity contribution in [1.29, 1.82) is 10.5 Å². The highest BCUT2D eigenvalue weighted by molar-refractivity contribution is 5.92. The van der Waals surface area contributed by atoms with E-state index in [-0.39, 0.29) is 0 Å². The molecule has 214 valence electrons. The van der Waals surface area contributed by atoms with Crippen LogP contribution in [0.3, 0.4) is 0 Å². The van der Waals surface area contributed by atoms with Gasteiger partial charge in [-0.1, -0.05) is 30.3 Å². The Hall–Kier alpha value is -6.22. The van der Waals surface area contributed by atoms with Gasteiger partial charge < -0.3 is 0 Å². The van der Waals surface area contributed by atoms with E-state index in [0.29, 0.717) is 22.5 Å². The first-order valence-corrected chi connectivity index (χ1v) is 14.6. The van der Waals surface area contributed by atoms with Gasteiger partial charge in [-0.2, -0.15) is 10.5 Å². The zero-order chi connectivity index (χ0) is 31.7. The van der Waals surface area contributed by atoms with Crippen LogP contribution in [0.25, 0.3) is 42.9 Å². The predicted molar refractivity (Wildman–Crippen MR) is 171 cm³/mol. The maximum Gasteiger partial charge on any atom is 0.205 e.